The van der Waals surface area contributed by atoms with Crippen molar-refractivity contribution in [1.82, 2.24) is 9.62 Å². The van der Waals surface area contributed by atoms with Gasteiger partial charge in [-0.3, -0.25) is 4.79 Å². The third kappa shape index (κ3) is 3.54. The van der Waals surface area contributed by atoms with Crippen LogP contribution in [0.5, 0.6) is 5.75 Å². The second-order valence-corrected chi connectivity index (χ2v) is 12.1. The molecule has 1 amide bonds. The Bertz CT molecular complexity index is 894. The Hall–Kier alpha value is -1.60. The van der Waals surface area contributed by atoms with E-state index in [2.05, 4.69) is 5.32 Å². The van der Waals surface area contributed by atoms with Crippen molar-refractivity contribution in [2.24, 2.45) is 23.2 Å². The molecule has 1 aliphatic heterocycles. The van der Waals surface area contributed by atoms with Gasteiger partial charge in [-0.2, -0.15) is 4.31 Å². The van der Waals surface area contributed by atoms with E-state index in [4.69, 9.17) is 0 Å². The van der Waals surface area contributed by atoms with Gasteiger partial charge in [0.25, 0.3) is 0 Å². The van der Waals surface area contributed by atoms with Crippen LogP contribution in [0.15, 0.2) is 29.2 Å². The molecule has 6 rings (SSSR count). The first-order valence-electron chi connectivity index (χ1n) is 11.4. The molecule has 1 saturated heterocycles. The number of carbonyl (C=O) groups excluding carboxylic acids is 1. The average Bonchev–Trinajstić information content (AvgIpc) is 2.71. The molecule has 4 bridgehead atoms. The van der Waals surface area contributed by atoms with E-state index in [0.29, 0.717) is 30.8 Å². The molecule has 0 spiro atoms. The van der Waals surface area contributed by atoms with Crippen molar-refractivity contribution in [2.75, 3.05) is 13.1 Å². The maximum absolute atomic E-state index is 13.3. The highest BCUT2D eigenvalue weighted by molar-refractivity contribution is 7.89. The van der Waals surface area contributed by atoms with E-state index >= 15 is 0 Å². The summed E-state index contributed by atoms with van der Waals surface area (Å²) in [6.07, 6.45) is 9.46. The standard InChI is InChI=1S/C23H32N2O4S/c26-20-5-3-6-21(11-20)30(28,29)25-7-2-1-4-19(25)15-24-22(27)23-12-16-8-17(13-23)10-18(9-16)14-23/h3,5-6,11,16-19,26H,1-2,4,7-10,12-15H2,(H,24,27). The Morgan fingerprint density at radius 3 is 2.40 bits per heavy atom. The third-order valence-corrected chi connectivity index (χ3v) is 9.96. The van der Waals surface area contributed by atoms with Crippen LogP contribution in [-0.2, 0) is 14.8 Å². The van der Waals surface area contributed by atoms with Crippen LogP contribution in [0.4, 0.5) is 0 Å². The second-order valence-electron chi connectivity index (χ2n) is 10.2. The molecular weight excluding hydrogens is 400 g/mol. The van der Waals surface area contributed by atoms with Crippen LogP contribution in [0, 0.1) is 23.2 Å². The van der Waals surface area contributed by atoms with Gasteiger partial charge in [0, 0.05) is 24.5 Å². The van der Waals surface area contributed by atoms with Crippen molar-refractivity contribution in [3.63, 3.8) is 0 Å². The van der Waals surface area contributed by atoms with Crippen LogP contribution in [0.3, 0.4) is 0 Å². The summed E-state index contributed by atoms with van der Waals surface area (Å²) in [4.78, 5) is 13.4. The molecule has 6 nitrogen and oxygen atoms in total. The average molecular weight is 433 g/mol. The molecule has 1 atom stereocenters. The van der Waals surface area contributed by atoms with Gasteiger partial charge in [-0.15, -0.1) is 0 Å². The van der Waals surface area contributed by atoms with Gasteiger partial charge in [0.15, 0.2) is 0 Å². The molecule has 7 heteroatoms. The lowest BCUT2D eigenvalue weighted by Gasteiger charge is -2.55. The molecule has 5 aliphatic rings. The van der Waals surface area contributed by atoms with Gasteiger partial charge in [0.1, 0.15) is 5.75 Å². The molecule has 1 heterocycles. The van der Waals surface area contributed by atoms with E-state index in [1.807, 2.05) is 0 Å². The molecule has 30 heavy (non-hydrogen) atoms. The lowest BCUT2D eigenvalue weighted by Crippen LogP contribution is -2.56. The summed E-state index contributed by atoms with van der Waals surface area (Å²) in [6, 6.07) is 5.61. The number of aromatic hydroxyl groups is 1. The molecule has 1 aromatic rings. The van der Waals surface area contributed by atoms with E-state index < -0.39 is 10.0 Å². The van der Waals surface area contributed by atoms with Crippen LogP contribution in [0.1, 0.15) is 57.8 Å². The highest BCUT2D eigenvalue weighted by Gasteiger charge is 2.54. The van der Waals surface area contributed by atoms with Gasteiger partial charge in [0.05, 0.1) is 4.90 Å². The Balaban J connectivity index is 1.29. The van der Waals surface area contributed by atoms with E-state index in [1.54, 1.807) is 6.07 Å². The first-order valence-corrected chi connectivity index (χ1v) is 12.9. The monoisotopic (exact) mass is 432 g/mol. The number of sulfonamides is 1. The van der Waals surface area contributed by atoms with Crippen LogP contribution < -0.4 is 5.32 Å². The predicted octanol–water partition coefficient (Wildman–Crippen LogP) is 3.27. The number of amides is 1. The Morgan fingerprint density at radius 2 is 1.77 bits per heavy atom. The molecular formula is C23H32N2O4S. The number of rotatable bonds is 5. The number of nitrogens with one attached hydrogen (secondary N) is 1. The quantitative estimate of drug-likeness (QED) is 0.748. The fourth-order valence-electron chi connectivity index (χ4n) is 7.06. The van der Waals surface area contributed by atoms with Crippen molar-refractivity contribution in [3.05, 3.63) is 24.3 Å². The summed E-state index contributed by atoms with van der Waals surface area (Å²) in [5.74, 6) is 2.22. The largest absolute Gasteiger partial charge is 0.508 e. The highest BCUT2D eigenvalue weighted by atomic mass is 32.2. The Kier molecular flexibility index (Phi) is 5.09. The SMILES string of the molecule is O=C(NCC1CCCCN1S(=O)(=O)c1cccc(O)c1)C12CC3CC(CC(C3)C1)C2. The number of phenols is 1. The molecule has 1 unspecified atom stereocenters. The zero-order valence-corrected chi connectivity index (χ0v) is 18.2. The van der Waals surface area contributed by atoms with Gasteiger partial charge in [-0.1, -0.05) is 12.5 Å². The summed E-state index contributed by atoms with van der Waals surface area (Å²) >= 11 is 0. The first kappa shape index (κ1) is 20.3. The number of piperidine rings is 1. The number of benzene rings is 1. The smallest absolute Gasteiger partial charge is 0.243 e. The highest BCUT2D eigenvalue weighted by Crippen LogP contribution is 2.60. The van der Waals surface area contributed by atoms with E-state index in [9.17, 15) is 18.3 Å². The van der Waals surface area contributed by atoms with Crippen molar-refractivity contribution in [2.45, 2.75) is 68.7 Å². The number of nitrogens with zero attached hydrogens (tertiary/aromatic N) is 1. The molecule has 4 saturated carbocycles. The van der Waals surface area contributed by atoms with Gasteiger partial charge < -0.3 is 10.4 Å². The lowest BCUT2D eigenvalue weighted by molar-refractivity contribution is -0.146. The minimum absolute atomic E-state index is 0.0558. The zero-order valence-electron chi connectivity index (χ0n) is 17.4. The van der Waals surface area contributed by atoms with Crippen LogP contribution >= 0.6 is 0 Å². The second kappa shape index (κ2) is 7.52. The number of hydrogen-bond donors (Lipinski definition) is 2. The summed E-state index contributed by atoms with van der Waals surface area (Å²) < 4.78 is 28.0. The molecule has 0 aromatic heterocycles. The number of phenolic OH excluding ortho intramolecular Hbond substituents is 1. The maximum atomic E-state index is 13.3. The minimum Gasteiger partial charge on any atom is -0.508 e. The molecule has 164 valence electrons. The normalized spacial score (nSPS) is 36.0. The zero-order chi connectivity index (χ0) is 20.9. The van der Waals surface area contributed by atoms with Crippen molar-refractivity contribution < 1.29 is 18.3 Å². The summed E-state index contributed by atoms with van der Waals surface area (Å²) in [7, 11) is -3.70. The molecule has 1 aromatic carbocycles. The molecule has 5 fully saturated rings. The van der Waals surface area contributed by atoms with Crippen molar-refractivity contribution in [1.29, 1.82) is 0 Å². The van der Waals surface area contributed by atoms with E-state index in [0.717, 1.165) is 38.5 Å². The minimum atomic E-state index is -3.70. The van der Waals surface area contributed by atoms with Crippen molar-refractivity contribution in [3.8, 4) is 5.75 Å². The van der Waals surface area contributed by atoms with Gasteiger partial charge in [0.2, 0.25) is 15.9 Å². The fraction of sp³-hybridized carbons (Fsp3) is 0.696. The van der Waals surface area contributed by atoms with Crippen LogP contribution in [0.2, 0.25) is 0 Å². The van der Waals surface area contributed by atoms with Crippen LogP contribution in [0.25, 0.3) is 0 Å². The number of carbonyl (C=O) groups is 1. The summed E-state index contributed by atoms with van der Waals surface area (Å²) in [5.41, 5.74) is -0.210. The van der Waals surface area contributed by atoms with Gasteiger partial charge >= 0.3 is 0 Å². The van der Waals surface area contributed by atoms with E-state index in [-0.39, 0.29) is 28.0 Å². The first-order chi connectivity index (χ1) is 14.4. The Morgan fingerprint density at radius 1 is 1.10 bits per heavy atom. The van der Waals surface area contributed by atoms with E-state index in [1.165, 1.54) is 41.8 Å². The maximum Gasteiger partial charge on any atom is 0.243 e. The molecule has 2 N–H and O–H groups in total. The lowest BCUT2D eigenvalue weighted by atomic mass is 9.49. The number of hydrogen-bond acceptors (Lipinski definition) is 4. The Labute approximate surface area is 179 Å². The van der Waals surface area contributed by atoms with Crippen molar-refractivity contribution >= 4 is 15.9 Å². The molecule has 4 aliphatic carbocycles. The fourth-order valence-corrected chi connectivity index (χ4v) is 8.79. The van der Waals surface area contributed by atoms with Gasteiger partial charge in [-0.05, 0) is 87.3 Å². The predicted molar refractivity (Wildman–Crippen MR) is 113 cm³/mol. The summed E-state index contributed by atoms with van der Waals surface area (Å²) in [6.45, 7) is 0.828. The third-order valence-electron chi connectivity index (χ3n) is 8.02. The van der Waals surface area contributed by atoms with Crippen LogP contribution in [-0.4, -0.2) is 42.9 Å². The van der Waals surface area contributed by atoms with Gasteiger partial charge in [-0.25, -0.2) is 8.42 Å². The molecule has 0 radical (unpaired) electrons. The summed E-state index contributed by atoms with van der Waals surface area (Å²) in [5, 5.41) is 12.9. The topological polar surface area (TPSA) is 86.7 Å².